The lowest BCUT2D eigenvalue weighted by atomic mass is 9.98. The number of rotatable bonds is 6. The molecule has 0 aromatic heterocycles. The van der Waals surface area contributed by atoms with Crippen molar-refractivity contribution in [3.8, 4) is 11.1 Å². The number of amides is 1. The van der Waals surface area contributed by atoms with Gasteiger partial charge in [-0.25, -0.2) is 4.79 Å². The number of allylic oxidation sites excluding steroid dienone is 2. The van der Waals surface area contributed by atoms with E-state index < -0.39 is 11.9 Å². The number of nitrogens with one attached hydrogen (secondary N) is 1. The van der Waals surface area contributed by atoms with E-state index in [9.17, 15) is 4.79 Å². The molecule has 4 rings (SSSR count). The van der Waals surface area contributed by atoms with Crippen molar-refractivity contribution in [2.75, 3.05) is 13.2 Å². The minimum absolute atomic E-state index is 0.0299. The molecule has 2 aromatic carbocycles. The highest BCUT2D eigenvalue weighted by molar-refractivity contribution is 5.79. The summed E-state index contributed by atoms with van der Waals surface area (Å²) in [6.45, 7) is 8.09. The average Bonchev–Trinajstić information content (AvgIpc) is 3.08. The highest BCUT2D eigenvalue weighted by atomic mass is 16.7. The van der Waals surface area contributed by atoms with Gasteiger partial charge in [0.15, 0.2) is 5.79 Å². The molecule has 2 aromatic rings. The fraction of sp³-hybridized carbons (Fsp3) is 0.346. The van der Waals surface area contributed by atoms with Gasteiger partial charge in [0.05, 0.1) is 18.8 Å². The summed E-state index contributed by atoms with van der Waals surface area (Å²) in [6, 6.07) is 16.3. The number of hydrogen-bond acceptors (Lipinski definition) is 4. The van der Waals surface area contributed by atoms with Crippen LogP contribution in [0.5, 0.6) is 0 Å². The van der Waals surface area contributed by atoms with Crippen molar-refractivity contribution in [3.63, 3.8) is 0 Å². The molecule has 1 heterocycles. The number of carbonyl (C=O) groups is 1. The molecule has 0 radical (unpaired) electrons. The van der Waals surface area contributed by atoms with E-state index in [0.717, 1.165) is 0 Å². The van der Waals surface area contributed by atoms with Gasteiger partial charge in [0.1, 0.15) is 6.61 Å². The quantitative estimate of drug-likeness (QED) is 0.656. The van der Waals surface area contributed by atoms with Crippen LogP contribution in [0.15, 0.2) is 73.3 Å². The van der Waals surface area contributed by atoms with Gasteiger partial charge < -0.3 is 19.5 Å². The first-order valence-electron chi connectivity index (χ1n) is 10.7. The highest BCUT2D eigenvalue weighted by Crippen LogP contribution is 2.44. The van der Waals surface area contributed by atoms with E-state index in [2.05, 4.69) is 36.2 Å². The normalized spacial score (nSPS) is 22.0. The van der Waals surface area contributed by atoms with Crippen LogP contribution < -0.4 is 5.32 Å². The van der Waals surface area contributed by atoms with Gasteiger partial charge in [0, 0.05) is 5.92 Å². The zero-order valence-corrected chi connectivity index (χ0v) is 18.0. The Balaban J connectivity index is 1.41. The Labute approximate surface area is 183 Å². The molecule has 1 amide bonds. The van der Waals surface area contributed by atoms with Crippen LogP contribution in [-0.2, 0) is 14.2 Å². The van der Waals surface area contributed by atoms with Crippen LogP contribution in [0.3, 0.4) is 0 Å². The van der Waals surface area contributed by atoms with Crippen LogP contribution in [0.2, 0.25) is 0 Å². The van der Waals surface area contributed by atoms with Gasteiger partial charge in [-0.2, -0.15) is 0 Å². The molecule has 0 bridgehead atoms. The van der Waals surface area contributed by atoms with Gasteiger partial charge in [0.2, 0.25) is 0 Å². The Morgan fingerprint density at radius 1 is 1.16 bits per heavy atom. The molecular weight excluding hydrogens is 390 g/mol. The summed E-state index contributed by atoms with van der Waals surface area (Å²) in [6.07, 6.45) is 5.55. The van der Waals surface area contributed by atoms with Gasteiger partial charge in [0.25, 0.3) is 0 Å². The third kappa shape index (κ3) is 4.73. The maximum atomic E-state index is 12.7. The van der Waals surface area contributed by atoms with Crippen LogP contribution in [0, 0.1) is 0 Å². The molecule has 1 aliphatic carbocycles. The SMILES string of the molecule is C=C/C=C/C[C@@H]1OC(C)(C)OC[C@@H]1NC(=O)OCC1c2ccccc2-c2ccccc21. The molecule has 1 saturated heterocycles. The summed E-state index contributed by atoms with van der Waals surface area (Å²) in [5.41, 5.74) is 4.79. The summed E-state index contributed by atoms with van der Waals surface area (Å²) in [4.78, 5) is 12.7. The smallest absolute Gasteiger partial charge is 0.407 e. The Morgan fingerprint density at radius 2 is 1.81 bits per heavy atom. The lowest BCUT2D eigenvalue weighted by molar-refractivity contribution is -0.280. The second-order valence-corrected chi connectivity index (χ2v) is 8.34. The Hall–Kier alpha value is -2.89. The number of carbonyl (C=O) groups excluding carboxylic acids is 1. The zero-order valence-electron chi connectivity index (χ0n) is 18.0. The van der Waals surface area contributed by atoms with Crippen molar-refractivity contribution < 1.29 is 19.0 Å². The predicted molar refractivity (Wildman–Crippen MR) is 121 cm³/mol. The van der Waals surface area contributed by atoms with Gasteiger partial charge in [-0.05, 0) is 42.5 Å². The van der Waals surface area contributed by atoms with Crippen LogP contribution in [-0.4, -0.2) is 37.2 Å². The molecule has 5 nitrogen and oxygen atoms in total. The van der Waals surface area contributed by atoms with E-state index in [1.807, 2.05) is 50.3 Å². The molecule has 0 spiro atoms. The van der Waals surface area contributed by atoms with Gasteiger partial charge in [-0.3, -0.25) is 0 Å². The first-order valence-corrected chi connectivity index (χ1v) is 10.7. The monoisotopic (exact) mass is 419 g/mol. The average molecular weight is 420 g/mol. The minimum atomic E-state index is -0.688. The molecule has 162 valence electrons. The largest absolute Gasteiger partial charge is 0.449 e. The fourth-order valence-electron chi connectivity index (χ4n) is 4.33. The summed E-state index contributed by atoms with van der Waals surface area (Å²) in [5, 5.41) is 2.93. The van der Waals surface area contributed by atoms with E-state index >= 15 is 0 Å². The van der Waals surface area contributed by atoms with Crippen molar-refractivity contribution in [3.05, 3.63) is 84.5 Å². The molecule has 0 unspecified atom stereocenters. The maximum absolute atomic E-state index is 12.7. The number of fused-ring (bicyclic) bond motifs is 3. The van der Waals surface area contributed by atoms with Crippen LogP contribution in [0.1, 0.15) is 37.3 Å². The van der Waals surface area contributed by atoms with E-state index in [1.54, 1.807) is 6.08 Å². The lowest BCUT2D eigenvalue weighted by Crippen LogP contribution is -2.56. The molecule has 1 N–H and O–H groups in total. The van der Waals surface area contributed by atoms with E-state index in [1.165, 1.54) is 22.3 Å². The van der Waals surface area contributed by atoms with Crippen molar-refractivity contribution in [1.82, 2.24) is 5.32 Å². The third-order valence-corrected chi connectivity index (χ3v) is 5.78. The number of benzene rings is 2. The fourth-order valence-corrected chi connectivity index (χ4v) is 4.33. The summed E-state index contributed by atoms with van der Waals surface area (Å²) in [7, 11) is 0. The Kier molecular flexibility index (Phi) is 6.25. The third-order valence-electron chi connectivity index (χ3n) is 5.78. The van der Waals surface area contributed by atoms with Crippen molar-refractivity contribution >= 4 is 6.09 Å². The lowest BCUT2D eigenvalue weighted by Gasteiger charge is -2.40. The van der Waals surface area contributed by atoms with Crippen LogP contribution >= 0.6 is 0 Å². The van der Waals surface area contributed by atoms with Crippen LogP contribution in [0.4, 0.5) is 4.79 Å². The molecule has 1 aliphatic heterocycles. The molecular formula is C26H29NO4. The Morgan fingerprint density at radius 3 is 2.45 bits per heavy atom. The minimum Gasteiger partial charge on any atom is -0.449 e. The topological polar surface area (TPSA) is 56.8 Å². The molecule has 2 aliphatic rings. The number of alkyl carbamates (subject to hydrolysis) is 1. The van der Waals surface area contributed by atoms with Gasteiger partial charge in [-0.15, -0.1) is 0 Å². The first-order chi connectivity index (χ1) is 15.0. The molecule has 31 heavy (non-hydrogen) atoms. The number of ether oxygens (including phenoxy) is 3. The van der Waals surface area contributed by atoms with Crippen LogP contribution in [0.25, 0.3) is 11.1 Å². The second kappa shape index (κ2) is 9.08. The van der Waals surface area contributed by atoms with E-state index in [-0.39, 0.29) is 24.7 Å². The first kappa shape index (κ1) is 21.3. The Bertz CT molecular complexity index is 935. The molecule has 2 atom stereocenters. The van der Waals surface area contributed by atoms with Crippen molar-refractivity contribution in [2.45, 2.75) is 44.1 Å². The molecule has 1 fully saturated rings. The summed E-state index contributed by atoms with van der Waals surface area (Å²) in [5.74, 6) is -0.659. The standard InChI is InChI=1S/C26H29NO4/c1-4-5-6-15-24-23(17-30-26(2,3)31-24)27-25(28)29-16-22-20-13-9-7-11-18(20)19-12-8-10-14-21(19)22/h4-14,22-24H,1,15-17H2,2-3H3,(H,27,28)/b6-5+/t23-,24-/m0/s1. The van der Waals surface area contributed by atoms with Crippen molar-refractivity contribution in [1.29, 1.82) is 0 Å². The summed E-state index contributed by atoms with van der Waals surface area (Å²) < 4.78 is 17.4. The molecule has 5 heteroatoms. The second-order valence-electron chi connectivity index (χ2n) is 8.34. The van der Waals surface area contributed by atoms with Gasteiger partial charge >= 0.3 is 6.09 Å². The van der Waals surface area contributed by atoms with Crippen molar-refractivity contribution in [2.24, 2.45) is 0 Å². The highest BCUT2D eigenvalue weighted by Gasteiger charge is 2.37. The van der Waals surface area contributed by atoms with E-state index in [0.29, 0.717) is 13.0 Å². The van der Waals surface area contributed by atoms with Gasteiger partial charge in [-0.1, -0.05) is 73.3 Å². The molecule has 0 saturated carbocycles. The zero-order chi connectivity index (χ0) is 21.8. The number of hydrogen-bond donors (Lipinski definition) is 1. The maximum Gasteiger partial charge on any atom is 0.407 e. The predicted octanol–water partition coefficient (Wildman–Crippen LogP) is 5.18. The summed E-state index contributed by atoms with van der Waals surface area (Å²) >= 11 is 0. The van der Waals surface area contributed by atoms with E-state index in [4.69, 9.17) is 14.2 Å².